The number of amides is 1. The Morgan fingerprint density at radius 2 is 2.00 bits per heavy atom. The van der Waals surface area contributed by atoms with Crippen molar-refractivity contribution in [1.82, 2.24) is 10.3 Å². The molecule has 0 saturated heterocycles. The number of rotatable bonds is 3. The van der Waals surface area contributed by atoms with Crippen LogP contribution in [0.25, 0.3) is 10.6 Å². The summed E-state index contributed by atoms with van der Waals surface area (Å²) in [6.07, 6.45) is 1.66. The van der Waals surface area contributed by atoms with Crippen molar-refractivity contribution in [3.63, 3.8) is 0 Å². The molecule has 2 aromatic carbocycles. The summed E-state index contributed by atoms with van der Waals surface area (Å²) in [5.74, 6) is 0.204. The van der Waals surface area contributed by atoms with Gasteiger partial charge in [0.1, 0.15) is 22.3 Å². The van der Waals surface area contributed by atoms with E-state index < -0.39 is 0 Å². The zero-order valence-corrected chi connectivity index (χ0v) is 14.8. The summed E-state index contributed by atoms with van der Waals surface area (Å²) in [4.78, 5) is 17.0. The minimum atomic E-state index is -0.344. The summed E-state index contributed by atoms with van der Waals surface area (Å²) >= 11 is 1.26. The second-order valence-electron chi connectivity index (χ2n) is 6.07. The largest absolute Gasteiger partial charge is 0.493 e. The zero-order valence-electron chi connectivity index (χ0n) is 13.9. The first-order valence-electron chi connectivity index (χ1n) is 8.45. The molecule has 0 spiro atoms. The maximum absolute atomic E-state index is 13.9. The number of fused-ring (bicyclic) bond motifs is 1. The lowest BCUT2D eigenvalue weighted by atomic mass is 10.0. The summed E-state index contributed by atoms with van der Waals surface area (Å²) in [6.45, 7) is 0.636. The molecule has 1 aromatic heterocycles. The third kappa shape index (κ3) is 3.32. The predicted octanol–water partition coefficient (Wildman–Crippen LogP) is 4.59. The van der Waals surface area contributed by atoms with Crippen LogP contribution in [-0.4, -0.2) is 17.5 Å². The van der Waals surface area contributed by atoms with Crippen molar-refractivity contribution in [2.45, 2.75) is 18.9 Å². The summed E-state index contributed by atoms with van der Waals surface area (Å²) in [5.41, 5.74) is 1.68. The number of para-hydroxylation sites is 1. The van der Waals surface area contributed by atoms with Gasteiger partial charge in [-0.15, -0.1) is 11.3 Å². The van der Waals surface area contributed by atoms with Gasteiger partial charge < -0.3 is 10.1 Å². The van der Waals surface area contributed by atoms with E-state index in [9.17, 15) is 9.18 Å². The van der Waals surface area contributed by atoms with Crippen molar-refractivity contribution in [2.75, 3.05) is 6.61 Å². The van der Waals surface area contributed by atoms with Crippen LogP contribution in [-0.2, 0) is 0 Å². The zero-order chi connectivity index (χ0) is 17.9. The third-order valence-electron chi connectivity index (χ3n) is 4.34. The Bertz CT molecular complexity index is 941. The Morgan fingerprint density at radius 3 is 2.88 bits per heavy atom. The number of hydrogen-bond donors (Lipinski definition) is 1. The van der Waals surface area contributed by atoms with Crippen LogP contribution in [0.4, 0.5) is 4.39 Å². The fourth-order valence-corrected chi connectivity index (χ4v) is 3.87. The summed E-state index contributed by atoms with van der Waals surface area (Å²) in [7, 11) is 0. The van der Waals surface area contributed by atoms with Crippen molar-refractivity contribution in [2.24, 2.45) is 0 Å². The average Bonchev–Trinajstić information content (AvgIpc) is 3.06. The monoisotopic (exact) mass is 368 g/mol. The number of nitrogens with zero attached hydrogens (tertiary/aromatic N) is 1. The molecule has 0 unspecified atom stereocenters. The van der Waals surface area contributed by atoms with Crippen LogP contribution in [0, 0.1) is 5.82 Å². The molecule has 26 heavy (non-hydrogen) atoms. The number of thiazole rings is 1. The maximum atomic E-state index is 13.9. The predicted molar refractivity (Wildman–Crippen MR) is 98.9 cm³/mol. The highest BCUT2D eigenvalue weighted by molar-refractivity contribution is 7.13. The van der Waals surface area contributed by atoms with Crippen molar-refractivity contribution in [3.8, 4) is 16.3 Å². The summed E-state index contributed by atoms with van der Waals surface area (Å²) in [5, 5.41) is 5.20. The first kappa shape index (κ1) is 16.7. The van der Waals surface area contributed by atoms with Crippen molar-refractivity contribution in [3.05, 3.63) is 71.0 Å². The number of halogens is 1. The molecule has 1 amide bonds. The fraction of sp³-hybridized carbons (Fsp3) is 0.200. The second kappa shape index (κ2) is 7.25. The normalized spacial score (nSPS) is 16.3. The molecule has 0 bridgehead atoms. The molecular formula is C20H17FN2O2S. The first-order chi connectivity index (χ1) is 12.7. The lowest BCUT2D eigenvalue weighted by molar-refractivity contribution is 0.0930. The quantitative estimate of drug-likeness (QED) is 0.735. The van der Waals surface area contributed by atoms with Crippen LogP contribution in [0.3, 0.4) is 0 Å². The molecule has 4 nitrogen and oxygen atoms in total. The highest BCUT2D eigenvalue weighted by Crippen LogP contribution is 2.32. The van der Waals surface area contributed by atoms with Crippen LogP contribution >= 0.6 is 11.3 Å². The highest BCUT2D eigenvalue weighted by Gasteiger charge is 2.23. The van der Waals surface area contributed by atoms with Gasteiger partial charge in [-0.05, 0) is 31.0 Å². The number of aromatic nitrogens is 1. The van der Waals surface area contributed by atoms with Gasteiger partial charge in [-0.25, -0.2) is 9.37 Å². The Kier molecular flexibility index (Phi) is 4.67. The van der Waals surface area contributed by atoms with Gasteiger partial charge in [0.15, 0.2) is 0 Å². The van der Waals surface area contributed by atoms with E-state index in [1.54, 1.807) is 23.6 Å². The molecule has 1 aliphatic rings. The van der Waals surface area contributed by atoms with E-state index in [1.807, 2.05) is 24.3 Å². The van der Waals surface area contributed by atoms with Crippen LogP contribution in [0.2, 0.25) is 0 Å². The van der Waals surface area contributed by atoms with Crippen molar-refractivity contribution >= 4 is 17.2 Å². The number of carbonyl (C=O) groups excluding carboxylic acids is 1. The van der Waals surface area contributed by atoms with E-state index in [-0.39, 0.29) is 17.8 Å². The molecule has 2 heterocycles. The number of benzene rings is 2. The van der Waals surface area contributed by atoms with E-state index >= 15 is 0 Å². The SMILES string of the molecule is O=C(N[C@H]1CCCOc2ccccc21)c1csc(-c2ccccc2F)n1. The second-order valence-corrected chi connectivity index (χ2v) is 6.93. The highest BCUT2D eigenvalue weighted by atomic mass is 32.1. The van der Waals surface area contributed by atoms with E-state index in [4.69, 9.17) is 4.74 Å². The van der Waals surface area contributed by atoms with Gasteiger partial charge in [-0.2, -0.15) is 0 Å². The van der Waals surface area contributed by atoms with Crippen molar-refractivity contribution in [1.29, 1.82) is 0 Å². The van der Waals surface area contributed by atoms with Crippen LogP contribution < -0.4 is 10.1 Å². The minimum absolute atomic E-state index is 0.125. The van der Waals surface area contributed by atoms with Gasteiger partial charge in [0.05, 0.1) is 12.6 Å². The molecule has 0 saturated carbocycles. The standard InChI is InChI=1S/C20H17FN2O2S/c21-15-8-3-1-6-13(15)20-23-17(12-26-20)19(24)22-16-9-5-11-25-18-10-4-2-7-14(16)18/h1-4,6-8,10,12,16H,5,9,11H2,(H,22,24)/t16-/m0/s1. The Labute approximate surface area is 154 Å². The molecular weight excluding hydrogens is 351 g/mol. The van der Waals surface area contributed by atoms with Gasteiger partial charge >= 0.3 is 0 Å². The Morgan fingerprint density at radius 1 is 1.19 bits per heavy atom. The maximum Gasteiger partial charge on any atom is 0.271 e. The van der Waals surface area contributed by atoms with Crippen LogP contribution in [0.1, 0.15) is 34.9 Å². The van der Waals surface area contributed by atoms with Crippen molar-refractivity contribution < 1.29 is 13.9 Å². The van der Waals surface area contributed by atoms with E-state index in [1.165, 1.54) is 17.4 Å². The molecule has 132 valence electrons. The van der Waals surface area contributed by atoms with Crippen LogP contribution in [0.15, 0.2) is 53.9 Å². The minimum Gasteiger partial charge on any atom is -0.493 e. The average molecular weight is 368 g/mol. The first-order valence-corrected chi connectivity index (χ1v) is 9.33. The molecule has 6 heteroatoms. The number of ether oxygens (including phenoxy) is 1. The lowest BCUT2D eigenvalue weighted by Crippen LogP contribution is -2.28. The molecule has 1 N–H and O–H groups in total. The van der Waals surface area contributed by atoms with Gasteiger partial charge in [-0.3, -0.25) is 4.79 Å². The van der Waals surface area contributed by atoms with E-state index in [0.717, 1.165) is 24.2 Å². The number of nitrogens with one attached hydrogen (secondary N) is 1. The van der Waals surface area contributed by atoms with Gasteiger partial charge in [-0.1, -0.05) is 30.3 Å². The molecule has 0 radical (unpaired) electrons. The van der Waals surface area contributed by atoms with Gasteiger partial charge in [0.25, 0.3) is 5.91 Å². The Hall–Kier alpha value is -2.73. The molecule has 1 atom stereocenters. The molecule has 1 aliphatic heterocycles. The summed E-state index contributed by atoms with van der Waals surface area (Å²) in [6, 6.07) is 14.0. The van der Waals surface area contributed by atoms with Gasteiger partial charge in [0, 0.05) is 16.5 Å². The Balaban J connectivity index is 1.55. The lowest BCUT2D eigenvalue weighted by Gasteiger charge is -2.17. The fourth-order valence-electron chi connectivity index (χ4n) is 3.04. The molecule has 3 aromatic rings. The number of carbonyl (C=O) groups is 1. The van der Waals surface area contributed by atoms with Crippen LogP contribution in [0.5, 0.6) is 5.75 Å². The van der Waals surface area contributed by atoms with Gasteiger partial charge in [0.2, 0.25) is 0 Å². The molecule has 0 aliphatic carbocycles. The molecule has 4 rings (SSSR count). The topological polar surface area (TPSA) is 51.2 Å². The smallest absolute Gasteiger partial charge is 0.271 e. The third-order valence-corrected chi connectivity index (χ3v) is 5.21. The number of hydrogen-bond acceptors (Lipinski definition) is 4. The summed E-state index contributed by atoms with van der Waals surface area (Å²) < 4.78 is 19.7. The molecule has 0 fully saturated rings. The van der Waals surface area contributed by atoms with E-state index in [2.05, 4.69) is 10.3 Å². The van der Waals surface area contributed by atoms with E-state index in [0.29, 0.717) is 22.9 Å².